The number of aryl methyl sites for hydroxylation is 2. The zero-order valence-corrected chi connectivity index (χ0v) is 12.6. The molecule has 1 N–H and O–H groups in total. The van der Waals surface area contributed by atoms with E-state index >= 15 is 0 Å². The van der Waals surface area contributed by atoms with Crippen molar-refractivity contribution < 1.29 is 4.74 Å². The summed E-state index contributed by atoms with van der Waals surface area (Å²) in [6, 6.07) is 6.84. The molecule has 1 fully saturated rings. The minimum Gasteiger partial charge on any atom is -0.383 e. The molecule has 0 amide bonds. The quantitative estimate of drug-likeness (QED) is 0.761. The van der Waals surface area contributed by atoms with E-state index in [-0.39, 0.29) is 0 Å². The van der Waals surface area contributed by atoms with Crippen LogP contribution in [0.4, 0.5) is 0 Å². The molecule has 0 aliphatic heterocycles. The van der Waals surface area contributed by atoms with Crippen LogP contribution in [0, 0.1) is 19.3 Å². The number of methoxy groups -OCH3 is 1. The molecule has 0 heterocycles. The lowest BCUT2D eigenvalue weighted by Gasteiger charge is -2.43. The van der Waals surface area contributed by atoms with Gasteiger partial charge in [-0.3, -0.25) is 0 Å². The number of hydrogen-bond acceptors (Lipinski definition) is 2. The van der Waals surface area contributed by atoms with Crippen LogP contribution in [0.2, 0.25) is 0 Å². The third-order valence-electron chi connectivity index (χ3n) is 4.47. The van der Waals surface area contributed by atoms with Crippen molar-refractivity contribution in [2.24, 2.45) is 5.41 Å². The van der Waals surface area contributed by atoms with Crippen molar-refractivity contribution in [1.82, 2.24) is 5.32 Å². The highest BCUT2D eigenvalue weighted by atomic mass is 16.5. The molecule has 1 saturated carbocycles. The predicted octanol–water partition coefficient (Wildman–Crippen LogP) is 3.25. The highest BCUT2D eigenvalue weighted by molar-refractivity contribution is 5.31. The highest BCUT2D eigenvalue weighted by Gasteiger charge is 2.36. The molecule has 0 unspecified atom stereocenters. The van der Waals surface area contributed by atoms with E-state index < -0.39 is 0 Å². The zero-order valence-electron chi connectivity index (χ0n) is 12.6. The standard InChI is InChI=1S/C17H27NO/c1-14-5-6-15(2)16(11-14)12-17(7-4-8-17)13-18-9-10-19-3/h5-6,11,18H,4,7-10,12-13H2,1-3H3. The molecule has 0 radical (unpaired) electrons. The molecule has 1 aliphatic carbocycles. The van der Waals surface area contributed by atoms with Crippen LogP contribution in [0.15, 0.2) is 18.2 Å². The average Bonchev–Trinajstić information content (AvgIpc) is 2.35. The lowest BCUT2D eigenvalue weighted by Crippen LogP contribution is -2.42. The van der Waals surface area contributed by atoms with E-state index in [0.29, 0.717) is 5.41 Å². The number of nitrogens with one attached hydrogen (secondary N) is 1. The number of ether oxygens (including phenoxy) is 1. The van der Waals surface area contributed by atoms with Gasteiger partial charge < -0.3 is 10.1 Å². The first kappa shape index (κ1) is 14.5. The smallest absolute Gasteiger partial charge is 0.0587 e. The Morgan fingerprint density at radius 2 is 2.05 bits per heavy atom. The van der Waals surface area contributed by atoms with Gasteiger partial charge in [-0.15, -0.1) is 0 Å². The fourth-order valence-electron chi connectivity index (χ4n) is 3.02. The van der Waals surface area contributed by atoms with Crippen LogP contribution in [0.5, 0.6) is 0 Å². The number of rotatable bonds is 7. The molecule has 1 aromatic carbocycles. The van der Waals surface area contributed by atoms with Gasteiger partial charge in [0.15, 0.2) is 0 Å². The molecular formula is C17H27NO. The van der Waals surface area contributed by atoms with Gasteiger partial charge in [0, 0.05) is 20.2 Å². The molecular weight excluding hydrogens is 234 g/mol. The van der Waals surface area contributed by atoms with Gasteiger partial charge in [0.1, 0.15) is 0 Å². The summed E-state index contributed by atoms with van der Waals surface area (Å²) in [5, 5.41) is 3.56. The van der Waals surface area contributed by atoms with E-state index in [1.807, 2.05) is 0 Å². The van der Waals surface area contributed by atoms with Crippen molar-refractivity contribution >= 4 is 0 Å². The molecule has 2 heteroatoms. The third kappa shape index (κ3) is 3.80. The first-order valence-electron chi connectivity index (χ1n) is 7.41. The Bertz CT molecular complexity index is 410. The summed E-state index contributed by atoms with van der Waals surface area (Å²) in [7, 11) is 1.76. The van der Waals surface area contributed by atoms with Gasteiger partial charge in [0.2, 0.25) is 0 Å². The molecule has 0 bridgehead atoms. The summed E-state index contributed by atoms with van der Waals surface area (Å²) in [4.78, 5) is 0. The molecule has 19 heavy (non-hydrogen) atoms. The second-order valence-corrected chi connectivity index (χ2v) is 6.13. The molecule has 0 spiro atoms. The lowest BCUT2D eigenvalue weighted by atomic mass is 9.65. The number of benzene rings is 1. The monoisotopic (exact) mass is 261 g/mol. The van der Waals surface area contributed by atoms with Gasteiger partial charge in [0.05, 0.1) is 6.61 Å². The van der Waals surface area contributed by atoms with E-state index in [0.717, 1.165) is 19.7 Å². The van der Waals surface area contributed by atoms with E-state index in [1.165, 1.54) is 42.4 Å². The Morgan fingerprint density at radius 3 is 2.68 bits per heavy atom. The van der Waals surface area contributed by atoms with Gasteiger partial charge in [0.25, 0.3) is 0 Å². The molecule has 106 valence electrons. The SMILES string of the molecule is COCCNCC1(Cc2cc(C)ccc2C)CCC1. The Labute approximate surface area is 117 Å². The fourth-order valence-corrected chi connectivity index (χ4v) is 3.02. The summed E-state index contributed by atoms with van der Waals surface area (Å²) in [5.74, 6) is 0. The van der Waals surface area contributed by atoms with Gasteiger partial charge >= 0.3 is 0 Å². The maximum absolute atomic E-state index is 5.10. The van der Waals surface area contributed by atoms with Crippen molar-refractivity contribution in [3.05, 3.63) is 34.9 Å². The van der Waals surface area contributed by atoms with E-state index in [1.54, 1.807) is 7.11 Å². The van der Waals surface area contributed by atoms with Crippen LogP contribution < -0.4 is 5.32 Å². The molecule has 1 aliphatic rings. The Kier molecular flexibility index (Phi) is 5.00. The van der Waals surface area contributed by atoms with Crippen molar-refractivity contribution in [1.29, 1.82) is 0 Å². The minimum atomic E-state index is 0.492. The lowest BCUT2D eigenvalue weighted by molar-refractivity contribution is 0.123. The second kappa shape index (κ2) is 6.53. The summed E-state index contributed by atoms with van der Waals surface area (Å²) >= 11 is 0. The van der Waals surface area contributed by atoms with Crippen molar-refractivity contribution in [2.45, 2.75) is 39.5 Å². The third-order valence-corrected chi connectivity index (χ3v) is 4.47. The average molecular weight is 261 g/mol. The maximum atomic E-state index is 5.10. The van der Waals surface area contributed by atoms with Crippen molar-refractivity contribution in [3.8, 4) is 0 Å². The molecule has 2 nitrogen and oxygen atoms in total. The zero-order chi connectivity index (χ0) is 13.7. The summed E-state index contributed by atoms with van der Waals surface area (Å²) in [6.45, 7) is 7.32. The van der Waals surface area contributed by atoms with Gasteiger partial charge in [-0.25, -0.2) is 0 Å². The largest absolute Gasteiger partial charge is 0.383 e. The van der Waals surface area contributed by atoms with Crippen LogP contribution >= 0.6 is 0 Å². The molecule has 2 rings (SSSR count). The first-order valence-corrected chi connectivity index (χ1v) is 7.41. The normalized spacial score (nSPS) is 17.2. The molecule has 0 atom stereocenters. The second-order valence-electron chi connectivity index (χ2n) is 6.13. The summed E-state index contributed by atoms with van der Waals surface area (Å²) in [6.07, 6.45) is 5.33. The van der Waals surface area contributed by atoms with Crippen LogP contribution in [-0.4, -0.2) is 26.8 Å². The van der Waals surface area contributed by atoms with Crippen LogP contribution in [0.3, 0.4) is 0 Å². The van der Waals surface area contributed by atoms with Gasteiger partial charge in [-0.2, -0.15) is 0 Å². The van der Waals surface area contributed by atoms with E-state index in [2.05, 4.69) is 37.4 Å². The Balaban J connectivity index is 1.96. The maximum Gasteiger partial charge on any atom is 0.0587 e. The molecule has 0 aromatic heterocycles. The molecule has 1 aromatic rings. The van der Waals surface area contributed by atoms with Crippen molar-refractivity contribution in [3.63, 3.8) is 0 Å². The first-order chi connectivity index (χ1) is 9.15. The number of hydrogen-bond donors (Lipinski definition) is 1. The topological polar surface area (TPSA) is 21.3 Å². The highest BCUT2D eigenvalue weighted by Crippen LogP contribution is 2.43. The Hall–Kier alpha value is -0.860. The summed E-state index contributed by atoms with van der Waals surface area (Å²) < 4.78 is 5.10. The van der Waals surface area contributed by atoms with E-state index in [4.69, 9.17) is 4.74 Å². The van der Waals surface area contributed by atoms with Gasteiger partial charge in [-0.05, 0) is 49.7 Å². The fraction of sp³-hybridized carbons (Fsp3) is 0.647. The van der Waals surface area contributed by atoms with Crippen molar-refractivity contribution in [2.75, 3.05) is 26.8 Å². The van der Waals surface area contributed by atoms with Crippen LogP contribution in [0.25, 0.3) is 0 Å². The van der Waals surface area contributed by atoms with Gasteiger partial charge in [-0.1, -0.05) is 30.2 Å². The van der Waals surface area contributed by atoms with Crippen LogP contribution in [-0.2, 0) is 11.2 Å². The van der Waals surface area contributed by atoms with Crippen LogP contribution in [0.1, 0.15) is 36.0 Å². The van der Waals surface area contributed by atoms with E-state index in [9.17, 15) is 0 Å². The molecule has 0 saturated heterocycles. The summed E-state index contributed by atoms with van der Waals surface area (Å²) in [5.41, 5.74) is 4.84. The Morgan fingerprint density at radius 1 is 1.26 bits per heavy atom. The predicted molar refractivity (Wildman–Crippen MR) is 80.6 cm³/mol. The minimum absolute atomic E-state index is 0.492.